The summed E-state index contributed by atoms with van der Waals surface area (Å²) < 4.78 is 0. The molecule has 21 heavy (non-hydrogen) atoms. The second-order valence-electron chi connectivity index (χ2n) is 5.87. The zero-order chi connectivity index (χ0) is 15.4. The molecule has 2 rings (SSSR count). The maximum absolute atomic E-state index is 12.5. The molecule has 0 aliphatic carbocycles. The summed E-state index contributed by atoms with van der Waals surface area (Å²) in [5.41, 5.74) is 0. The van der Waals surface area contributed by atoms with Crippen LogP contribution in [-0.2, 0) is 4.79 Å². The Kier molecular flexibility index (Phi) is 5.75. The van der Waals surface area contributed by atoms with E-state index in [2.05, 4.69) is 24.2 Å². The molecule has 0 bridgehead atoms. The van der Waals surface area contributed by atoms with Gasteiger partial charge in [-0.05, 0) is 39.4 Å². The molecule has 2 fully saturated rings. The number of carbonyl (C=O) groups is 2. The number of carboxylic acid groups (broad SMARTS) is 1. The summed E-state index contributed by atoms with van der Waals surface area (Å²) >= 11 is 1.58. The molecule has 2 saturated heterocycles. The van der Waals surface area contributed by atoms with Crippen molar-refractivity contribution >= 4 is 23.8 Å². The van der Waals surface area contributed by atoms with Gasteiger partial charge >= 0.3 is 12.0 Å². The van der Waals surface area contributed by atoms with Gasteiger partial charge in [-0.1, -0.05) is 13.3 Å². The molecule has 2 aliphatic rings. The van der Waals surface area contributed by atoms with Crippen molar-refractivity contribution in [1.29, 1.82) is 0 Å². The Morgan fingerprint density at radius 1 is 1.33 bits per heavy atom. The number of rotatable bonds is 4. The molecular formula is C14H25N3O3S. The van der Waals surface area contributed by atoms with E-state index in [1.807, 2.05) is 0 Å². The SMILES string of the molecule is CCCC1SCC(C(=O)O)N1C(=O)NC1CCN(C)CC1. The van der Waals surface area contributed by atoms with E-state index in [4.69, 9.17) is 0 Å². The van der Waals surface area contributed by atoms with Crippen LogP contribution >= 0.6 is 11.8 Å². The van der Waals surface area contributed by atoms with Crippen molar-refractivity contribution in [3.63, 3.8) is 0 Å². The third-order valence-electron chi connectivity index (χ3n) is 4.19. The van der Waals surface area contributed by atoms with E-state index >= 15 is 0 Å². The number of nitrogens with one attached hydrogen (secondary N) is 1. The Morgan fingerprint density at radius 2 is 2.00 bits per heavy atom. The van der Waals surface area contributed by atoms with E-state index in [0.29, 0.717) is 5.75 Å². The number of hydrogen-bond donors (Lipinski definition) is 2. The zero-order valence-corrected chi connectivity index (χ0v) is 13.6. The monoisotopic (exact) mass is 315 g/mol. The van der Waals surface area contributed by atoms with Crippen molar-refractivity contribution in [2.24, 2.45) is 0 Å². The number of thioether (sulfide) groups is 1. The molecule has 2 unspecified atom stereocenters. The van der Waals surface area contributed by atoms with Crippen LogP contribution in [0.5, 0.6) is 0 Å². The average molecular weight is 315 g/mol. The molecule has 120 valence electrons. The van der Waals surface area contributed by atoms with Gasteiger partial charge in [0, 0.05) is 11.8 Å². The average Bonchev–Trinajstić information content (AvgIpc) is 2.86. The lowest BCUT2D eigenvalue weighted by Gasteiger charge is -2.33. The minimum Gasteiger partial charge on any atom is -0.480 e. The van der Waals surface area contributed by atoms with Crippen molar-refractivity contribution in [2.75, 3.05) is 25.9 Å². The van der Waals surface area contributed by atoms with E-state index in [0.717, 1.165) is 38.8 Å². The molecule has 0 aromatic carbocycles. The predicted octanol–water partition coefficient (Wildman–Crippen LogP) is 1.42. The lowest BCUT2D eigenvalue weighted by Crippen LogP contribution is -2.54. The Bertz CT molecular complexity index is 386. The molecule has 2 amide bonds. The first-order valence-corrected chi connectivity index (χ1v) is 8.69. The number of aliphatic carboxylic acids is 1. The number of carboxylic acids is 1. The summed E-state index contributed by atoms with van der Waals surface area (Å²) in [7, 11) is 2.08. The normalized spacial score (nSPS) is 27.8. The number of nitrogens with zero attached hydrogens (tertiary/aromatic N) is 2. The number of piperidine rings is 1. The molecule has 2 N–H and O–H groups in total. The Morgan fingerprint density at radius 3 is 2.57 bits per heavy atom. The molecular weight excluding hydrogens is 290 g/mol. The quantitative estimate of drug-likeness (QED) is 0.821. The van der Waals surface area contributed by atoms with Gasteiger partial charge in [-0.3, -0.25) is 4.90 Å². The third kappa shape index (κ3) is 4.03. The molecule has 6 nitrogen and oxygen atoms in total. The Labute approximate surface area is 130 Å². The van der Waals surface area contributed by atoms with E-state index in [1.54, 1.807) is 16.7 Å². The van der Waals surface area contributed by atoms with Gasteiger partial charge < -0.3 is 15.3 Å². The summed E-state index contributed by atoms with van der Waals surface area (Å²) in [6.07, 6.45) is 3.65. The minimum atomic E-state index is -0.903. The second-order valence-corrected chi connectivity index (χ2v) is 7.08. The summed E-state index contributed by atoms with van der Waals surface area (Å²) in [5.74, 6) is -0.416. The number of hydrogen-bond acceptors (Lipinski definition) is 4. The maximum atomic E-state index is 12.5. The maximum Gasteiger partial charge on any atom is 0.327 e. The second kappa shape index (κ2) is 7.35. The molecule has 0 radical (unpaired) electrons. The highest BCUT2D eigenvalue weighted by Gasteiger charge is 2.41. The smallest absolute Gasteiger partial charge is 0.327 e. The van der Waals surface area contributed by atoms with Gasteiger partial charge in [-0.2, -0.15) is 0 Å². The highest BCUT2D eigenvalue weighted by Crippen LogP contribution is 2.32. The molecule has 0 aromatic heterocycles. The van der Waals surface area contributed by atoms with Crippen molar-refractivity contribution in [3.8, 4) is 0 Å². The summed E-state index contributed by atoms with van der Waals surface area (Å²) in [4.78, 5) is 27.7. The van der Waals surface area contributed by atoms with Crippen LogP contribution in [-0.4, -0.2) is 70.3 Å². The molecule has 2 aliphatic heterocycles. The van der Waals surface area contributed by atoms with Gasteiger partial charge in [0.2, 0.25) is 0 Å². The molecule has 2 heterocycles. The molecule has 0 saturated carbocycles. The lowest BCUT2D eigenvalue weighted by molar-refractivity contribution is -0.141. The van der Waals surface area contributed by atoms with E-state index in [9.17, 15) is 14.7 Å². The largest absolute Gasteiger partial charge is 0.480 e. The predicted molar refractivity (Wildman–Crippen MR) is 83.5 cm³/mol. The summed E-state index contributed by atoms with van der Waals surface area (Å²) in [6, 6.07) is -0.741. The third-order valence-corrected chi connectivity index (χ3v) is 5.55. The topological polar surface area (TPSA) is 72.9 Å². The van der Waals surface area contributed by atoms with Crippen LogP contribution in [0.3, 0.4) is 0 Å². The number of urea groups is 1. The van der Waals surface area contributed by atoms with Crippen molar-refractivity contribution < 1.29 is 14.7 Å². The minimum absolute atomic E-state index is 0.0117. The number of carbonyl (C=O) groups excluding carboxylic acids is 1. The van der Waals surface area contributed by atoms with Gasteiger partial charge in [-0.15, -0.1) is 11.8 Å². The first-order valence-electron chi connectivity index (χ1n) is 7.64. The van der Waals surface area contributed by atoms with E-state index in [-0.39, 0.29) is 17.4 Å². The zero-order valence-electron chi connectivity index (χ0n) is 12.7. The van der Waals surface area contributed by atoms with Gasteiger partial charge in [0.25, 0.3) is 0 Å². The number of amides is 2. The molecule has 7 heteroatoms. The van der Waals surface area contributed by atoms with Gasteiger partial charge in [0.15, 0.2) is 0 Å². The van der Waals surface area contributed by atoms with Crippen molar-refractivity contribution in [1.82, 2.24) is 15.1 Å². The van der Waals surface area contributed by atoms with Crippen LogP contribution in [0, 0.1) is 0 Å². The van der Waals surface area contributed by atoms with Crippen LogP contribution in [0.1, 0.15) is 32.6 Å². The molecule has 0 aromatic rings. The van der Waals surface area contributed by atoms with Gasteiger partial charge in [0.05, 0.1) is 5.37 Å². The number of likely N-dealkylation sites (tertiary alicyclic amines) is 1. The summed E-state index contributed by atoms with van der Waals surface area (Å²) in [6.45, 7) is 4.00. The van der Waals surface area contributed by atoms with Crippen LogP contribution in [0.4, 0.5) is 4.79 Å². The first-order chi connectivity index (χ1) is 10.0. The Balaban J connectivity index is 1.97. The lowest BCUT2D eigenvalue weighted by atomic mass is 10.1. The van der Waals surface area contributed by atoms with Crippen LogP contribution in [0.2, 0.25) is 0 Å². The van der Waals surface area contributed by atoms with Crippen molar-refractivity contribution in [2.45, 2.75) is 50.1 Å². The fraction of sp³-hybridized carbons (Fsp3) is 0.857. The standard InChI is InChI=1S/C14H25N3O3S/c1-3-4-12-17(11(9-21-12)13(18)19)14(20)15-10-5-7-16(2)8-6-10/h10-12H,3-9H2,1-2H3,(H,15,20)(H,18,19). The molecule has 2 atom stereocenters. The van der Waals surface area contributed by atoms with Crippen LogP contribution in [0.15, 0.2) is 0 Å². The van der Waals surface area contributed by atoms with Crippen LogP contribution < -0.4 is 5.32 Å². The Hall–Kier alpha value is -0.950. The fourth-order valence-corrected chi connectivity index (χ4v) is 4.41. The van der Waals surface area contributed by atoms with E-state index in [1.165, 1.54) is 0 Å². The van der Waals surface area contributed by atoms with Gasteiger partial charge in [0.1, 0.15) is 6.04 Å². The fourth-order valence-electron chi connectivity index (χ4n) is 2.90. The van der Waals surface area contributed by atoms with E-state index < -0.39 is 12.0 Å². The van der Waals surface area contributed by atoms with Gasteiger partial charge in [-0.25, -0.2) is 9.59 Å². The summed E-state index contributed by atoms with van der Waals surface area (Å²) in [5, 5.41) is 12.3. The van der Waals surface area contributed by atoms with Crippen molar-refractivity contribution in [3.05, 3.63) is 0 Å². The highest BCUT2D eigenvalue weighted by atomic mass is 32.2. The van der Waals surface area contributed by atoms with Crippen LogP contribution in [0.25, 0.3) is 0 Å². The molecule has 0 spiro atoms. The first kappa shape index (κ1) is 16.4. The highest BCUT2D eigenvalue weighted by molar-refractivity contribution is 8.00.